The van der Waals surface area contributed by atoms with E-state index in [-0.39, 0.29) is 5.41 Å². The maximum atomic E-state index is 6.36. The molecule has 2 aromatic carbocycles. The zero-order chi connectivity index (χ0) is 19.1. The molecule has 1 atom stereocenters. The number of aromatic nitrogens is 2. The molecule has 138 valence electrons. The lowest BCUT2D eigenvalue weighted by Gasteiger charge is -2.40. The van der Waals surface area contributed by atoms with Gasteiger partial charge in [0.1, 0.15) is 11.6 Å². The van der Waals surface area contributed by atoms with Crippen LogP contribution in [-0.4, -0.2) is 22.9 Å². The Kier molecular flexibility index (Phi) is 4.57. The van der Waals surface area contributed by atoms with Crippen LogP contribution in [0.25, 0.3) is 22.4 Å². The summed E-state index contributed by atoms with van der Waals surface area (Å²) in [5.41, 5.74) is 5.20. The van der Waals surface area contributed by atoms with Gasteiger partial charge in [0.05, 0.1) is 16.6 Å². The maximum Gasteiger partial charge on any atom is 0.212 e. The van der Waals surface area contributed by atoms with E-state index in [1.807, 2.05) is 31.2 Å². The second-order valence-corrected chi connectivity index (χ2v) is 8.04. The number of nitrogens with one attached hydrogen (secondary N) is 1. The van der Waals surface area contributed by atoms with Crippen molar-refractivity contribution < 1.29 is 9.47 Å². The van der Waals surface area contributed by atoms with Gasteiger partial charge in [-0.2, -0.15) is 0 Å². The largest absolute Gasteiger partial charge is 0.461 e. The Labute approximate surface area is 155 Å². The minimum Gasteiger partial charge on any atom is -0.461 e. The molecule has 0 aliphatic carbocycles. The molecule has 0 bridgehead atoms. The van der Waals surface area contributed by atoms with Gasteiger partial charge in [0.15, 0.2) is 0 Å². The molecule has 1 heterocycles. The standard InChI is InChI=1S/C22H28N2O2/c1-14-12-17-18(13-15(14)2)24-20(23-17)16-10-8-9-11-19(16)26-22(6,25-7)21(3,4)5/h8-13H,1-7H3,(H,23,24)/t22-/m1/s1. The topological polar surface area (TPSA) is 47.1 Å². The van der Waals surface area contributed by atoms with Gasteiger partial charge in [-0.05, 0) is 49.2 Å². The smallest absolute Gasteiger partial charge is 0.212 e. The third-order valence-corrected chi connectivity index (χ3v) is 5.30. The molecule has 0 amide bonds. The number of fused-ring (bicyclic) bond motifs is 1. The second-order valence-electron chi connectivity index (χ2n) is 8.04. The molecule has 0 fully saturated rings. The second kappa shape index (κ2) is 6.44. The number of aromatic amines is 1. The van der Waals surface area contributed by atoms with Crippen molar-refractivity contribution in [2.45, 2.75) is 47.3 Å². The van der Waals surface area contributed by atoms with E-state index in [1.165, 1.54) is 11.1 Å². The zero-order valence-electron chi connectivity index (χ0n) is 16.7. The number of aryl methyl sites for hydroxylation is 2. The minimum atomic E-state index is -0.762. The van der Waals surface area contributed by atoms with E-state index < -0.39 is 5.79 Å². The van der Waals surface area contributed by atoms with Gasteiger partial charge in [0.25, 0.3) is 0 Å². The molecule has 26 heavy (non-hydrogen) atoms. The van der Waals surface area contributed by atoms with Crippen molar-refractivity contribution in [2.75, 3.05) is 7.11 Å². The first-order chi connectivity index (χ1) is 12.1. The van der Waals surface area contributed by atoms with Crippen LogP contribution in [0.2, 0.25) is 0 Å². The quantitative estimate of drug-likeness (QED) is 0.619. The van der Waals surface area contributed by atoms with Crippen LogP contribution in [0.4, 0.5) is 0 Å². The average molecular weight is 352 g/mol. The number of rotatable bonds is 4. The molecule has 3 rings (SSSR count). The summed E-state index contributed by atoms with van der Waals surface area (Å²) < 4.78 is 12.1. The number of imidazole rings is 1. The first-order valence-electron chi connectivity index (χ1n) is 8.95. The van der Waals surface area contributed by atoms with Crippen LogP contribution in [0, 0.1) is 19.3 Å². The summed E-state index contributed by atoms with van der Waals surface area (Å²) in [5.74, 6) is 0.787. The number of hydrogen-bond donors (Lipinski definition) is 1. The van der Waals surface area contributed by atoms with Crippen molar-refractivity contribution in [1.82, 2.24) is 9.97 Å². The van der Waals surface area contributed by atoms with Gasteiger partial charge in [0.2, 0.25) is 5.79 Å². The lowest BCUT2D eigenvalue weighted by atomic mass is 9.86. The van der Waals surface area contributed by atoms with E-state index >= 15 is 0 Å². The number of hydrogen-bond acceptors (Lipinski definition) is 3. The SMILES string of the molecule is CO[C@](C)(Oc1ccccc1-c1nc2cc(C)c(C)cc2[nH]1)C(C)(C)C. The van der Waals surface area contributed by atoms with Crippen molar-refractivity contribution in [2.24, 2.45) is 5.41 Å². The van der Waals surface area contributed by atoms with Gasteiger partial charge in [-0.3, -0.25) is 0 Å². The third-order valence-electron chi connectivity index (χ3n) is 5.30. The molecule has 0 aliphatic heterocycles. The Hall–Kier alpha value is -2.33. The summed E-state index contributed by atoms with van der Waals surface area (Å²) >= 11 is 0. The summed E-state index contributed by atoms with van der Waals surface area (Å²) in [4.78, 5) is 8.22. The zero-order valence-corrected chi connectivity index (χ0v) is 16.7. The van der Waals surface area contributed by atoms with Gasteiger partial charge >= 0.3 is 0 Å². The summed E-state index contributed by atoms with van der Waals surface area (Å²) in [6.07, 6.45) is 0. The summed E-state index contributed by atoms with van der Waals surface area (Å²) in [5, 5.41) is 0. The first kappa shape index (κ1) is 18.5. The van der Waals surface area contributed by atoms with Gasteiger partial charge in [-0.1, -0.05) is 32.9 Å². The number of methoxy groups -OCH3 is 1. The van der Waals surface area contributed by atoms with Crippen LogP contribution >= 0.6 is 0 Å². The minimum absolute atomic E-state index is 0.197. The Morgan fingerprint density at radius 3 is 2.27 bits per heavy atom. The normalized spacial score (nSPS) is 14.4. The van der Waals surface area contributed by atoms with E-state index in [1.54, 1.807) is 7.11 Å². The van der Waals surface area contributed by atoms with Gasteiger partial charge in [-0.25, -0.2) is 4.98 Å². The summed E-state index contributed by atoms with van der Waals surface area (Å²) in [6, 6.07) is 12.2. The summed E-state index contributed by atoms with van der Waals surface area (Å²) in [7, 11) is 1.68. The first-order valence-corrected chi connectivity index (χ1v) is 8.95. The molecule has 0 saturated heterocycles. The van der Waals surface area contributed by atoms with Crippen molar-refractivity contribution in [3.05, 3.63) is 47.5 Å². The van der Waals surface area contributed by atoms with E-state index in [4.69, 9.17) is 14.5 Å². The number of benzene rings is 2. The van der Waals surface area contributed by atoms with Gasteiger partial charge in [0, 0.05) is 19.4 Å². The molecule has 1 N–H and O–H groups in total. The number of ether oxygens (including phenoxy) is 2. The van der Waals surface area contributed by atoms with E-state index in [2.05, 4.69) is 51.7 Å². The van der Waals surface area contributed by atoms with E-state index in [0.29, 0.717) is 0 Å². The van der Waals surface area contributed by atoms with Crippen molar-refractivity contribution in [1.29, 1.82) is 0 Å². The fourth-order valence-electron chi connectivity index (χ4n) is 2.86. The highest BCUT2D eigenvalue weighted by Gasteiger charge is 2.40. The molecule has 0 spiro atoms. The van der Waals surface area contributed by atoms with Crippen LogP contribution < -0.4 is 4.74 Å². The Morgan fingerprint density at radius 1 is 0.962 bits per heavy atom. The molecule has 0 unspecified atom stereocenters. The molecule has 4 heteroatoms. The van der Waals surface area contributed by atoms with Crippen LogP contribution in [0.15, 0.2) is 36.4 Å². The van der Waals surface area contributed by atoms with Crippen molar-refractivity contribution in [3.8, 4) is 17.1 Å². The Bertz CT molecular complexity index is 898. The van der Waals surface area contributed by atoms with Crippen molar-refractivity contribution >= 4 is 11.0 Å². The molecule has 0 saturated carbocycles. The Balaban J connectivity index is 2.08. The molecular formula is C22H28N2O2. The fraction of sp³-hybridized carbons (Fsp3) is 0.409. The average Bonchev–Trinajstić information content (AvgIpc) is 2.97. The number of H-pyrrole nitrogens is 1. The van der Waals surface area contributed by atoms with Crippen LogP contribution in [-0.2, 0) is 4.74 Å². The lowest BCUT2D eigenvalue weighted by molar-refractivity contribution is -0.213. The molecule has 0 radical (unpaired) electrons. The summed E-state index contributed by atoms with van der Waals surface area (Å²) in [6.45, 7) is 12.5. The monoisotopic (exact) mass is 352 g/mol. The van der Waals surface area contributed by atoms with Crippen LogP contribution in [0.3, 0.4) is 0 Å². The third kappa shape index (κ3) is 3.21. The highest BCUT2D eigenvalue weighted by Crippen LogP contribution is 2.39. The predicted molar refractivity (Wildman–Crippen MR) is 107 cm³/mol. The van der Waals surface area contributed by atoms with E-state index in [9.17, 15) is 0 Å². The Morgan fingerprint density at radius 2 is 1.62 bits per heavy atom. The number of nitrogens with zero attached hydrogens (tertiary/aromatic N) is 1. The van der Waals surface area contributed by atoms with Crippen molar-refractivity contribution in [3.63, 3.8) is 0 Å². The molecule has 1 aromatic heterocycles. The maximum absolute atomic E-state index is 6.36. The fourth-order valence-corrected chi connectivity index (χ4v) is 2.86. The number of para-hydroxylation sites is 1. The molecule has 3 aromatic rings. The van der Waals surface area contributed by atoms with Crippen LogP contribution in [0.1, 0.15) is 38.8 Å². The van der Waals surface area contributed by atoms with Gasteiger partial charge < -0.3 is 14.5 Å². The highest BCUT2D eigenvalue weighted by molar-refractivity contribution is 5.82. The highest BCUT2D eigenvalue weighted by atomic mass is 16.7. The molecule has 0 aliphatic rings. The molecule has 4 nitrogen and oxygen atoms in total. The van der Waals surface area contributed by atoms with Gasteiger partial charge in [-0.15, -0.1) is 0 Å². The lowest BCUT2D eigenvalue weighted by Crippen LogP contribution is -2.47. The van der Waals surface area contributed by atoms with E-state index in [0.717, 1.165) is 28.2 Å². The van der Waals surface area contributed by atoms with Crippen LogP contribution in [0.5, 0.6) is 5.75 Å². The predicted octanol–water partition coefficient (Wildman–Crippen LogP) is 5.63. The molecular weight excluding hydrogens is 324 g/mol.